The normalized spacial score (nSPS) is 12.3. The van der Waals surface area contributed by atoms with Crippen molar-refractivity contribution in [1.82, 2.24) is 5.32 Å². The summed E-state index contributed by atoms with van der Waals surface area (Å²) >= 11 is 1.35. The molecule has 9 nitrogen and oxygen atoms in total. The molecule has 0 saturated carbocycles. The molecule has 0 fully saturated rings. The largest absolute Gasteiger partial charge is 0.462 e. The van der Waals surface area contributed by atoms with E-state index in [1.807, 2.05) is 13.8 Å². The number of hydrogen-bond acceptors (Lipinski definition) is 9. The topological polar surface area (TPSA) is 142 Å². The fourth-order valence-electron chi connectivity index (χ4n) is 2.03. The van der Waals surface area contributed by atoms with Crippen LogP contribution in [-0.2, 0) is 23.9 Å². The predicted octanol–water partition coefficient (Wildman–Crippen LogP) is -0.00320. The first-order chi connectivity index (χ1) is 13.4. The first-order valence-corrected chi connectivity index (χ1v) is 10.6. The lowest BCUT2D eigenvalue weighted by atomic mass is 10.0. The summed E-state index contributed by atoms with van der Waals surface area (Å²) < 4.78 is 10.4. The quantitative estimate of drug-likeness (QED) is 0.199. The number of nitrogens with one attached hydrogen (secondary N) is 1. The number of amides is 1. The molecule has 0 aromatic carbocycles. The number of rotatable bonds is 16. The molecule has 0 aromatic heterocycles. The van der Waals surface area contributed by atoms with Crippen molar-refractivity contribution < 1.29 is 39.2 Å². The molecule has 0 aliphatic carbocycles. The molecular weight excluding hydrogens is 390 g/mol. The molecule has 0 spiro atoms. The summed E-state index contributed by atoms with van der Waals surface area (Å²) in [5, 5.41) is 30.0. The third-order valence-electron chi connectivity index (χ3n) is 3.73. The van der Waals surface area contributed by atoms with Gasteiger partial charge in [0.25, 0.3) is 0 Å². The van der Waals surface area contributed by atoms with Gasteiger partial charge in [-0.25, -0.2) is 0 Å². The number of carbonyl (C=O) groups excluding carboxylic acids is 3. The minimum Gasteiger partial charge on any atom is -0.462 e. The summed E-state index contributed by atoms with van der Waals surface area (Å²) in [4.78, 5) is 35.1. The Kier molecular flexibility index (Phi) is 14.8. The number of carbonyl (C=O) groups is 3. The highest BCUT2D eigenvalue weighted by atomic mass is 32.2. The maximum Gasteiger partial charge on any atom is 0.306 e. The Morgan fingerprint density at radius 1 is 0.964 bits per heavy atom. The van der Waals surface area contributed by atoms with E-state index in [9.17, 15) is 29.7 Å². The zero-order valence-corrected chi connectivity index (χ0v) is 17.5. The van der Waals surface area contributed by atoms with Gasteiger partial charge in [-0.2, -0.15) is 11.8 Å². The number of esters is 2. The van der Waals surface area contributed by atoms with Gasteiger partial charge in [-0.1, -0.05) is 13.8 Å². The Balaban J connectivity index is 4.42. The van der Waals surface area contributed by atoms with E-state index in [0.29, 0.717) is 30.8 Å². The molecule has 0 aliphatic rings. The highest BCUT2D eigenvalue weighted by Crippen LogP contribution is 2.11. The second kappa shape index (κ2) is 15.5. The Hall–Kier alpha value is -1.36. The van der Waals surface area contributed by atoms with Gasteiger partial charge in [0.15, 0.2) is 0 Å². The van der Waals surface area contributed by atoms with Crippen molar-refractivity contribution in [2.24, 2.45) is 0 Å². The van der Waals surface area contributed by atoms with Gasteiger partial charge in [-0.3, -0.25) is 14.4 Å². The smallest absolute Gasteiger partial charge is 0.306 e. The lowest BCUT2D eigenvalue weighted by Gasteiger charge is -2.28. The zero-order valence-electron chi connectivity index (χ0n) is 16.6. The van der Waals surface area contributed by atoms with E-state index in [2.05, 4.69) is 5.32 Å². The number of hydrogen-bond donors (Lipinski definition) is 4. The molecule has 1 atom stereocenters. The van der Waals surface area contributed by atoms with Gasteiger partial charge in [0.05, 0.1) is 19.8 Å². The Morgan fingerprint density at radius 2 is 1.54 bits per heavy atom. The van der Waals surface area contributed by atoms with Crippen LogP contribution in [0, 0.1) is 0 Å². The van der Waals surface area contributed by atoms with Crippen LogP contribution in [0.3, 0.4) is 0 Å². The first kappa shape index (κ1) is 26.6. The summed E-state index contributed by atoms with van der Waals surface area (Å²) in [5.74, 6) is -0.409. The number of aliphatic hydroxyl groups excluding tert-OH is 3. The van der Waals surface area contributed by atoms with E-state index in [1.165, 1.54) is 11.8 Å². The summed E-state index contributed by atoms with van der Waals surface area (Å²) in [6, 6.07) is 0. The van der Waals surface area contributed by atoms with Gasteiger partial charge < -0.3 is 30.1 Å². The second-order valence-electron chi connectivity index (χ2n) is 6.42. The van der Waals surface area contributed by atoms with Crippen LogP contribution >= 0.6 is 11.8 Å². The van der Waals surface area contributed by atoms with Crippen LogP contribution in [0.2, 0.25) is 0 Å². The SMILES string of the molecule is CCCC(=O)OCC(CSCCC(=O)NC(CO)(CO)CO)OC(=O)CCC. The Bertz CT molecular complexity index is 462. The average Bonchev–Trinajstić information content (AvgIpc) is 2.67. The molecule has 4 N–H and O–H groups in total. The summed E-state index contributed by atoms with van der Waals surface area (Å²) in [7, 11) is 0. The van der Waals surface area contributed by atoms with Gasteiger partial charge in [0.2, 0.25) is 5.91 Å². The van der Waals surface area contributed by atoms with E-state index in [0.717, 1.165) is 0 Å². The van der Waals surface area contributed by atoms with Crippen LogP contribution < -0.4 is 5.32 Å². The van der Waals surface area contributed by atoms with E-state index in [1.54, 1.807) is 0 Å². The first-order valence-electron chi connectivity index (χ1n) is 9.42. The van der Waals surface area contributed by atoms with Crippen molar-refractivity contribution in [3.8, 4) is 0 Å². The molecule has 0 aliphatic heterocycles. The fraction of sp³-hybridized carbons (Fsp3) is 0.833. The average molecular weight is 424 g/mol. The number of ether oxygens (including phenoxy) is 2. The van der Waals surface area contributed by atoms with Crippen LogP contribution in [0.15, 0.2) is 0 Å². The highest BCUT2D eigenvalue weighted by Gasteiger charge is 2.29. The molecule has 164 valence electrons. The van der Waals surface area contributed by atoms with E-state index in [-0.39, 0.29) is 31.4 Å². The third-order valence-corrected chi connectivity index (χ3v) is 4.83. The van der Waals surface area contributed by atoms with Crippen molar-refractivity contribution >= 4 is 29.6 Å². The van der Waals surface area contributed by atoms with Crippen LogP contribution in [-0.4, -0.2) is 82.7 Å². The Labute approximate surface area is 170 Å². The third kappa shape index (κ3) is 11.5. The number of thioether (sulfide) groups is 1. The molecule has 0 heterocycles. The van der Waals surface area contributed by atoms with Crippen molar-refractivity contribution in [3.63, 3.8) is 0 Å². The van der Waals surface area contributed by atoms with Crippen molar-refractivity contribution in [2.45, 2.75) is 57.6 Å². The molecular formula is C18H33NO8S. The van der Waals surface area contributed by atoms with Crippen molar-refractivity contribution in [2.75, 3.05) is 37.9 Å². The summed E-state index contributed by atoms with van der Waals surface area (Å²) in [6.45, 7) is 1.93. The lowest BCUT2D eigenvalue weighted by Crippen LogP contribution is -2.57. The van der Waals surface area contributed by atoms with Gasteiger partial charge in [0.1, 0.15) is 18.2 Å². The van der Waals surface area contributed by atoms with Crippen molar-refractivity contribution in [3.05, 3.63) is 0 Å². The van der Waals surface area contributed by atoms with Crippen LogP contribution in [0.4, 0.5) is 0 Å². The lowest BCUT2D eigenvalue weighted by molar-refractivity contribution is -0.157. The minimum atomic E-state index is -1.45. The molecule has 1 amide bonds. The number of aliphatic hydroxyl groups is 3. The van der Waals surface area contributed by atoms with Gasteiger partial charge >= 0.3 is 11.9 Å². The molecule has 0 aromatic rings. The molecule has 0 rings (SSSR count). The maximum absolute atomic E-state index is 11.9. The molecule has 0 radical (unpaired) electrons. The van der Waals surface area contributed by atoms with Gasteiger partial charge in [-0.05, 0) is 12.8 Å². The van der Waals surface area contributed by atoms with Crippen molar-refractivity contribution in [1.29, 1.82) is 0 Å². The second-order valence-corrected chi connectivity index (χ2v) is 7.57. The molecule has 0 saturated heterocycles. The standard InChI is InChI=1S/C18H33NO8S/c1-3-5-16(24)26-9-14(27-17(25)6-4-2)10-28-8-7-15(23)19-18(11-20,12-21)13-22/h14,20-22H,3-13H2,1-2H3,(H,19,23). The Morgan fingerprint density at radius 3 is 2.07 bits per heavy atom. The predicted molar refractivity (Wildman–Crippen MR) is 105 cm³/mol. The molecule has 0 bridgehead atoms. The highest BCUT2D eigenvalue weighted by molar-refractivity contribution is 7.99. The van der Waals surface area contributed by atoms with E-state index in [4.69, 9.17) is 9.47 Å². The van der Waals surface area contributed by atoms with Gasteiger partial charge in [-0.15, -0.1) is 0 Å². The summed E-state index contributed by atoms with van der Waals surface area (Å²) in [6.07, 6.45) is 1.37. The fourth-order valence-corrected chi connectivity index (χ4v) is 2.96. The molecule has 1 unspecified atom stereocenters. The zero-order chi connectivity index (χ0) is 21.4. The van der Waals surface area contributed by atoms with Crippen LogP contribution in [0.1, 0.15) is 46.0 Å². The monoisotopic (exact) mass is 423 g/mol. The maximum atomic E-state index is 11.9. The van der Waals surface area contributed by atoms with Crippen LogP contribution in [0.5, 0.6) is 0 Å². The minimum absolute atomic E-state index is 0.0316. The van der Waals surface area contributed by atoms with Gasteiger partial charge in [0, 0.05) is 30.8 Å². The summed E-state index contributed by atoms with van der Waals surface area (Å²) in [5.41, 5.74) is -1.45. The van der Waals surface area contributed by atoms with E-state index < -0.39 is 37.4 Å². The van der Waals surface area contributed by atoms with Crippen LogP contribution in [0.25, 0.3) is 0 Å². The molecule has 10 heteroatoms. The van der Waals surface area contributed by atoms with E-state index >= 15 is 0 Å². The molecule has 28 heavy (non-hydrogen) atoms.